The second kappa shape index (κ2) is 6.08. The van der Waals surface area contributed by atoms with E-state index in [2.05, 4.69) is 30.1 Å². The number of nitrogens with zero attached hydrogens (tertiary/aromatic N) is 1. The van der Waals surface area contributed by atoms with E-state index in [0.717, 1.165) is 25.6 Å². The number of halogens is 2. The third-order valence-corrected chi connectivity index (χ3v) is 5.83. The average molecular weight is 327 g/mol. The van der Waals surface area contributed by atoms with Crippen molar-refractivity contribution in [3.05, 3.63) is 33.8 Å². The molecule has 1 N–H and O–H groups in total. The fourth-order valence-corrected chi connectivity index (χ4v) is 3.78. The third-order valence-electron chi connectivity index (χ3n) is 5.09. The van der Waals surface area contributed by atoms with E-state index in [4.69, 9.17) is 23.2 Å². The molecule has 116 valence electrons. The summed E-state index contributed by atoms with van der Waals surface area (Å²) in [6.45, 7) is 7.90. The van der Waals surface area contributed by atoms with Gasteiger partial charge in [-0.05, 0) is 63.3 Å². The van der Waals surface area contributed by atoms with Crippen LogP contribution in [-0.4, -0.2) is 29.6 Å². The first-order chi connectivity index (χ1) is 9.98. The maximum atomic E-state index is 6.15. The van der Waals surface area contributed by atoms with Gasteiger partial charge in [-0.15, -0.1) is 0 Å². The van der Waals surface area contributed by atoms with Crippen molar-refractivity contribution in [2.75, 3.05) is 13.1 Å². The zero-order valence-electron chi connectivity index (χ0n) is 12.8. The molecule has 2 nitrogen and oxygen atoms in total. The Labute approximate surface area is 137 Å². The fraction of sp³-hybridized carbons (Fsp3) is 0.647. The fourth-order valence-electron chi connectivity index (χ4n) is 3.46. The molecule has 1 aliphatic carbocycles. The Bertz CT molecular complexity index is 516. The molecule has 0 radical (unpaired) electrons. The molecule has 21 heavy (non-hydrogen) atoms. The van der Waals surface area contributed by atoms with Gasteiger partial charge in [0.25, 0.3) is 0 Å². The lowest BCUT2D eigenvalue weighted by Crippen LogP contribution is -2.51. The molecule has 3 rings (SSSR count). The highest BCUT2D eigenvalue weighted by Crippen LogP contribution is 2.41. The number of hydrogen-bond donors (Lipinski definition) is 1. The average Bonchev–Trinajstić information content (AvgIpc) is 3.26. The summed E-state index contributed by atoms with van der Waals surface area (Å²) in [6.07, 6.45) is 3.95. The smallest absolute Gasteiger partial charge is 0.0595 e. The van der Waals surface area contributed by atoms with Crippen LogP contribution in [0.3, 0.4) is 0 Å². The number of benzene rings is 1. The van der Waals surface area contributed by atoms with Gasteiger partial charge in [0.15, 0.2) is 0 Å². The lowest BCUT2D eigenvalue weighted by atomic mass is 9.95. The molecule has 0 aromatic heterocycles. The van der Waals surface area contributed by atoms with Crippen LogP contribution in [0.2, 0.25) is 10.0 Å². The first-order valence-corrected chi connectivity index (χ1v) is 8.66. The van der Waals surface area contributed by atoms with E-state index in [9.17, 15) is 0 Å². The van der Waals surface area contributed by atoms with Crippen molar-refractivity contribution in [2.45, 2.75) is 51.2 Å². The van der Waals surface area contributed by atoms with Crippen LogP contribution in [0.25, 0.3) is 0 Å². The summed E-state index contributed by atoms with van der Waals surface area (Å²) in [4.78, 5) is 2.60. The Kier molecular flexibility index (Phi) is 4.52. The van der Waals surface area contributed by atoms with E-state index < -0.39 is 0 Å². The molecule has 4 heteroatoms. The van der Waals surface area contributed by atoms with E-state index in [1.807, 2.05) is 12.1 Å². The molecule has 1 heterocycles. The Balaban J connectivity index is 1.76. The second-order valence-electron chi connectivity index (χ2n) is 6.91. The quantitative estimate of drug-likeness (QED) is 0.888. The van der Waals surface area contributed by atoms with Crippen LogP contribution in [0.15, 0.2) is 18.2 Å². The molecule has 1 aromatic rings. The van der Waals surface area contributed by atoms with E-state index in [1.54, 1.807) is 0 Å². The Hall–Kier alpha value is -0.280. The van der Waals surface area contributed by atoms with Crippen LogP contribution in [-0.2, 0) is 6.54 Å². The molecular formula is C17H24Cl2N2. The van der Waals surface area contributed by atoms with Crippen LogP contribution < -0.4 is 5.32 Å². The van der Waals surface area contributed by atoms with Gasteiger partial charge in [-0.1, -0.05) is 29.3 Å². The zero-order chi connectivity index (χ0) is 15.0. The van der Waals surface area contributed by atoms with Crippen molar-refractivity contribution in [1.82, 2.24) is 10.2 Å². The summed E-state index contributed by atoms with van der Waals surface area (Å²) >= 11 is 12.2. The van der Waals surface area contributed by atoms with Crippen molar-refractivity contribution < 1.29 is 0 Å². The molecule has 2 fully saturated rings. The molecule has 0 bridgehead atoms. The lowest BCUT2D eigenvalue weighted by molar-refractivity contribution is 0.155. The topological polar surface area (TPSA) is 15.3 Å². The van der Waals surface area contributed by atoms with E-state index in [0.29, 0.717) is 16.1 Å². The van der Waals surface area contributed by atoms with Gasteiger partial charge in [0.05, 0.1) is 10.0 Å². The summed E-state index contributed by atoms with van der Waals surface area (Å²) in [5.74, 6) is 0.846. The molecule has 1 saturated carbocycles. The highest BCUT2D eigenvalue weighted by molar-refractivity contribution is 6.42. The second-order valence-corrected chi connectivity index (χ2v) is 7.72. The number of hydrogen-bond acceptors (Lipinski definition) is 2. The predicted molar refractivity (Wildman–Crippen MR) is 90.1 cm³/mol. The van der Waals surface area contributed by atoms with Gasteiger partial charge in [0, 0.05) is 24.7 Å². The summed E-state index contributed by atoms with van der Waals surface area (Å²) in [5.41, 5.74) is 1.51. The molecule has 1 saturated heterocycles. The van der Waals surface area contributed by atoms with Crippen molar-refractivity contribution in [3.63, 3.8) is 0 Å². The maximum absolute atomic E-state index is 6.15. The number of nitrogens with one attached hydrogen (secondary N) is 1. The Morgan fingerprint density at radius 3 is 2.67 bits per heavy atom. The van der Waals surface area contributed by atoms with Gasteiger partial charge in [-0.25, -0.2) is 0 Å². The van der Waals surface area contributed by atoms with Crippen molar-refractivity contribution in [3.8, 4) is 0 Å². The highest BCUT2D eigenvalue weighted by Gasteiger charge is 2.43. The first-order valence-electron chi connectivity index (χ1n) is 7.91. The van der Waals surface area contributed by atoms with Gasteiger partial charge < -0.3 is 5.32 Å². The third kappa shape index (κ3) is 3.56. The predicted octanol–water partition coefficient (Wildman–Crippen LogP) is 4.35. The van der Waals surface area contributed by atoms with Crippen LogP contribution in [0.4, 0.5) is 0 Å². The van der Waals surface area contributed by atoms with Crippen molar-refractivity contribution in [2.24, 2.45) is 5.92 Å². The number of rotatable bonds is 3. The molecule has 0 spiro atoms. The van der Waals surface area contributed by atoms with Gasteiger partial charge >= 0.3 is 0 Å². The molecule has 2 aliphatic rings. The monoisotopic (exact) mass is 326 g/mol. The molecule has 0 amide bonds. The standard InChI is InChI=1S/C17H24Cl2N2/c1-12-7-8-20-17(2,14-4-5-14)11-21(12)10-13-3-6-15(18)16(19)9-13/h3,6,9,12,14,20H,4-5,7-8,10-11H2,1-2H3. The summed E-state index contributed by atoms with van der Waals surface area (Å²) in [6, 6.07) is 6.59. The van der Waals surface area contributed by atoms with Crippen LogP contribution in [0.5, 0.6) is 0 Å². The zero-order valence-corrected chi connectivity index (χ0v) is 14.3. The van der Waals surface area contributed by atoms with Crippen molar-refractivity contribution in [1.29, 1.82) is 0 Å². The summed E-state index contributed by atoms with van der Waals surface area (Å²) in [7, 11) is 0. The summed E-state index contributed by atoms with van der Waals surface area (Å²) in [5, 5.41) is 5.08. The minimum atomic E-state index is 0.265. The van der Waals surface area contributed by atoms with Gasteiger partial charge in [0.1, 0.15) is 0 Å². The van der Waals surface area contributed by atoms with Crippen LogP contribution in [0.1, 0.15) is 38.7 Å². The minimum absolute atomic E-state index is 0.265. The highest BCUT2D eigenvalue weighted by atomic mass is 35.5. The van der Waals surface area contributed by atoms with Gasteiger partial charge in [-0.2, -0.15) is 0 Å². The van der Waals surface area contributed by atoms with E-state index in [-0.39, 0.29) is 5.54 Å². The minimum Gasteiger partial charge on any atom is -0.310 e. The molecule has 1 aromatic carbocycles. The molecule has 2 atom stereocenters. The first kappa shape index (κ1) is 15.6. The Morgan fingerprint density at radius 2 is 2.00 bits per heavy atom. The Morgan fingerprint density at radius 1 is 1.24 bits per heavy atom. The van der Waals surface area contributed by atoms with Crippen LogP contribution >= 0.6 is 23.2 Å². The van der Waals surface area contributed by atoms with E-state index in [1.165, 1.54) is 24.8 Å². The largest absolute Gasteiger partial charge is 0.310 e. The maximum Gasteiger partial charge on any atom is 0.0595 e. The molecule has 2 unspecified atom stereocenters. The molecule has 1 aliphatic heterocycles. The molecular weight excluding hydrogens is 303 g/mol. The normalized spacial score (nSPS) is 31.1. The summed E-state index contributed by atoms with van der Waals surface area (Å²) < 4.78 is 0. The van der Waals surface area contributed by atoms with Gasteiger partial charge in [0.2, 0.25) is 0 Å². The van der Waals surface area contributed by atoms with Gasteiger partial charge in [-0.3, -0.25) is 4.90 Å². The SMILES string of the molecule is CC1CCNC(C)(C2CC2)CN1Cc1ccc(Cl)c(Cl)c1. The van der Waals surface area contributed by atoms with Crippen LogP contribution in [0, 0.1) is 5.92 Å². The van der Waals surface area contributed by atoms with E-state index >= 15 is 0 Å². The lowest BCUT2D eigenvalue weighted by Gasteiger charge is -2.36. The van der Waals surface area contributed by atoms with Crippen molar-refractivity contribution >= 4 is 23.2 Å².